The van der Waals surface area contributed by atoms with E-state index in [1.54, 1.807) is 6.07 Å². The lowest BCUT2D eigenvalue weighted by Crippen LogP contribution is -2.37. The Balaban J connectivity index is 2.11. The van der Waals surface area contributed by atoms with Crippen LogP contribution < -0.4 is 5.73 Å². The molecule has 1 aliphatic rings. The van der Waals surface area contributed by atoms with Crippen molar-refractivity contribution in [3.05, 3.63) is 38.3 Å². The molecule has 1 saturated carbocycles. The number of hydrogen-bond donors (Lipinski definition) is 1. The first-order valence-electron chi connectivity index (χ1n) is 6.85. The molecule has 5 nitrogen and oxygen atoms in total. The van der Waals surface area contributed by atoms with E-state index in [9.17, 15) is 10.1 Å². The standard InChI is InChI=1S/C14H20BrN3O2/c1-17(14-4-2-3-11(14)8-16)9-10-5-12(15)7-13(6-10)18(19)20/h5-7,11,14H,2-4,8-9,16H2,1H3. The third-order valence-electron chi connectivity index (χ3n) is 4.07. The van der Waals surface area contributed by atoms with Gasteiger partial charge in [0.25, 0.3) is 5.69 Å². The largest absolute Gasteiger partial charge is 0.330 e. The second-order valence-electron chi connectivity index (χ2n) is 5.48. The molecule has 1 aromatic rings. The summed E-state index contributed by atoms with van der Waals surface area (Å²) in [6.45, 7) is 1.43. The van der Waals surface area contributed by atoms with E-state index in [1.807, 2.05) is 6.07 Å². The van der Waals surface area contributed by atoms with Gasteiger partial charge in [0.05, 0.1) is 4.92 Å². The van der Waals surface area contributed by atoms with Crippen molar-refractivity contribution in [2.75, 3.05) is 13.6 Å². The van der Waals surface area contributed by atoms with Crippen molar-refractivity contribution in [1.29, 1.82) is 0 Å². The molecular formula is C14H20BrN3O2. The first-order valence-corrected chi connectivity index (χ1v) is 7.64. The second kappa shape index (κ2) is 6.65. The van der Waals surface area contributed by atoms with E-state index in [0.717, 1.165) is 16.5 Å². The highest BCUT2D eigenvalue weighted by molar-refractivity contribution is 9.10. The molecule has 2 unspecified atom stereocenters. The van der Waals surface area contributed by atoms with Gasteiger partial charge in [0, 0.05) is 29.2 Å². The molecule has 0 saturated heterocycles. The number of hydrogen-bond acceptors (Lipinski definition) is 4. The van der Waals surface area contributed by atoms with Crippen LogP contribution in [-0.4, -0.2) is 29.5 Å². The van der Waals surface area contributed by atoms with Crippen molar-refractivity contribution in [2.45, 2.75) is 31.8 Å². The lowest BCUT2D eigenvalue weighted by Gasteiger charge is -2.29. The Morgan fingerprint density at radius 2 is 2.20 bits per heavy atom. The maximum Gasteiger partial charge on any atom is 0.270 e. The van der Waals surface area contributed by atoms with Crippen LogP contribution in [0.15, 0.2) is 22.7 Å². The summed E-state index contributed by atoms with van der Waals surface area (Å²) in [5.41, 5.74) is 6.90. The number of benzene rings is 1. The molecule has 0 radical (unpaired) electrons. The van der Waals surface area contributed by atoms with E-state index in [-0.39, 0.29) is 10.6 Å². The van der Waals surface area contributed by atoms with Crippen LogP contribution in [-0.2, 0) is 6.54 Å². The van der Waals surface area contributed by atoms with Gasteiger partial charge in [-0.3, -0.25) is 15.0 Å². The van der Waals surface area contributed by atoms with Gasteiger partial charge in [-0.2, -0.15) is 0 Å². The van der Waals surface area contributed by atoms with Crippen molar-refractivity contribution in [3.63, 3.8) is 0 Å². The van der Waals surface area contributed by atoms with Crippen molar-refractivity contribution < 1.29 is 4.92 Å². The first-order chi connectivity index (χ1) is 9.51. The first kappa shape index (κ1) is 15.4. The fourth-order valence-electron chi connectivity index (χ4n) is 3.11. The zero-order valence-corrected chi connectivity index (χ0v) is 13.2. The van der Waals surface area contributed by atoms with Gasteiger partial charge in [0.2, 0.25) is 0 Å². The van der Waals surface area contributed by atoms with Crippen molar-refractivity contribution >= 4 is 21.6 Å². The zero-order chi connectivity index (χ0) is 14.7. The Morgan fingerprint density at radius 1 is 1.45 bits per heavy atom. The van der Waals surface area contributed by atoms with Crippen LogP contribution in [0.25, 0.3) is 0 Å². The van der Waals surface area contributed by atoms with Crippen LogP contribution in [0, 0.1) is 16.0 Å². The van der Waals surface area contributed by atoms with Crippen molar-refractivity contribution in [1.82, 2.24) is 4.90 Å². The molecule has 1 aliphatic carbocycles. The molecule has 0 amide bonds. The smallest absolute Gasteiger partial charge is 0.270 e. The number of nitrogens with zero attached hydrogens (tertiary/aromatic N) is 2. The van der Waals surface area contributed by atoms with Gasteiger partial charge in [-0.1, -0.05) is 22.4 Å². The predicted octanol–water partition coefficient (Wildman–Crippen LogP) is 2.92. The zero-order valence-electron chi connectivity index (χ0n) is 11.6. The highest BCUT2D eigenvalue weighted by atomic mass is 79.9. The minimum atomic E-state index is -0.355. The van der Waals surface area contributed by atoms with Gasteiger partial charge >= 0.3 is 0 Å². The minimum absolute atomic E-state index is 0.129. The highest BCUT2D eigenvalue weighted by Gasteiger charge is 2.29. The number of nitro benzene ring substituents is 1. The summed E-state index contributed by atoms with van der Waals surface area (Å²) in [6.07, 6.45) is 3.56. The molecule has 20 heavy (non-hydrogen) atoms. The summed E-state index contributed by atoms with van der Waals surface area (Å²) in [5.74, 6) is 0.544. The molecule has 2 N–H and O–H groups in total. The summed E-state index contributed by atoms with van der Waals surface area (Å²) in [5, 5.41) is 10.9. The van der Waals surface area contributed by atoms with Gasteiger partial charge in [-0.15, -0.1) is 0 Å². The fraction of sp³-hybridized carbons (Fsp3) is 0.571. The summed E-state index contributed by atoms with van der Waals surface area (Å²) in [7, 11) is 2.07. The third-order valence-corrected chi connectivity index (χ3v) is 4.53. The van der Waals surface area contributed by atoms with Crippen LogP contribution >= 0.6 is 15.9 Å². The summed E-state index contributed by atoms with van der Waals surface area (Å²) >= 11 is 3.34. The molecule has 6 heteroatoms. The SMILES string of the molecule is CN(Cc1cc(Br)cc([N+](=O)[O-])c1)C1CCCC1CN. The van der Waals surface area contributed by atoms with Crippen LogP contribution in [0.3, 0.4) is 0 Å². The number of nitro groups is 1. The van der Waals surface area contributed by atoms with Crippen LogP contribution in [0.5, 0.6) is 0 Å². The van der Waals surface area contributed by atoms with Gasteiger partial charge in [-0.25, -0.2) is 0 Å². The van der Waals surface area contributed by atoms with Crippen molar-refractivity contribution in [2.24, 2.45) is 11.7 Å². The van der Waals surface area contributed by atoms with Gasteiger partial charge in [0.15, 0.2) is 0 Å². The number of rotatable bonds is 5. The molecule has 1 aromatic carbocycles. The molecule has 2 atom stereocenters. The molecule has 0 heterocycles. The van der Waals surface area contributed by atoms with Crippen LogP contribution in [0.4, 0.5) is 5.69 Å². The number of halogens is 1. The van der Waals surface area contributed by atoms with E-state index in [2.05, 4.69) is 27.9 Å². The van der Waals surface area contributed by atoms with Crippen molar-refractivity contribution in [3.8, 4) is 0 Å². The predicted molar refractivity (Wildman–Crippen MR) is 82.4 cm³/mol. The monoisotopic (exact) mass is 341 g/mol. The normalized spacial score (nSPS) is 22.4. The van der Waals surface area contributed by atoms with E-state index in [0.29, 0.717) is 25.0 Å². The van der Waals surface area contributed by atoms with Gasteiger partial charge < -0.3 is 5.73 Å². The second-order valence-corrected chi connectivity index (χ2v) is 6.40. The summed E-state index contributed by atoms with van der Waals surface area (Å²) in [6, 6.07) is 5.60. The van der Waals surface area contributed by atoms with E-state index < -0.39 is 0 Å². The Bertz CT molecular complexity index is 495. The molecule has 2 rings (SSSR count). The third kappa shape index (κ3) is 3.56. The van der Waals surface area contributed by atoms with E-state index in [4.69, 9.17) is 5.73 Å². The maximum atomic E-state index is 10.9. The van der Waals surface area contributed by atoms with Crippen LogP contribution in [0.1, 0.15) is 24.8 Å². The lowest BCUT2D eigenvalue weighted by molar-refractivity contribution is -0.385. The Morgan fingerprint density at radius 3 is 2.85 bits per heavy atom. The average molecular weight is 342 g/mol. The maximum absolute atomic E-state index is 10.9. The molecule has 0 bridgehead atoms. The average Bonchev–Trinajstić information content (AvgIpc) is 2.86. The molecule has 110 valence electrons. The number of non-ortho nitro benzene ring substituents is 1. The van der Waals surface area contributed by atoms with Gasteiger partial charge in [0.1, 0.15) is 0 Å². The molecule has 0 aliphatic heterocycles. The highest BCUT2D eigenvalue weighted by Crippen LogP contribution is 2.30. The molecular weight excluding hydrogens is 322 g/mol. The molecule has 0 spiro atoms. The fourth-order valence-corrected chi connectivity index (χ4v) is 3.64. The van der Waals surface area contributed by atoms with Gasteiger partial charge in [-0.05, 0) is 44.0 Å². The minimum Gasteiger partial charge on any atom is -0.330 e. The molecule has 0 aromatic heterocycles. The Labute approximate surface area is 127 Å². The lowest BCUT2D eigenvalue weighted by atomic mass is 10.0. The molecule has 1 fully saturated rings. The topological polar surface area (TPSA) is 72.4 Å². The quantitative estimate of drug-likeness (QED) is 0.660. The Hall–Kier alpha value is -0.980. The van der Waals surface area contributed by atoms with E-state index in [1.165, 1.54) is 18.9 Å². The van der Waals surface area contributed by atoms with E-state index >= 15 is 0 Å². The summed E-state index contributed by atoms with van der Waals surface area (Å²) < 4.78 is 0.747. The number of nitrogens with two attached hydrogens (primary N) is 1. The van der Waals surface area contributed by atoms with Crippen LogP contribution in [0.2, 0.25) is 0 Å². The summed E-state index contributed by atoms with van der Waals surface area (Å²) in [4.78, 5) is 12.8. The Kier molecular flexibility index (Phi) is 5.12.